The Hall–Kier alpha value is -3.31. The van der Waals surface area contributed by atoms with E-state index in [2.05, 4.69) is 51.8 Å². The Morgan fingerprint density at radius 3 is 2.31 bits per heavy atom. The molecule has 0 spiro atoms. The third-order valence-corrected chi connectivity index (χ3v) is 7.17. The third-order valence-electron chi connectivity index (χ3n) is 6.48. The second-order valence-electron chi connectivity index (χ2n) is 8.78. The van der Waals surface area contributed by atoms with Crippen molar-refractivity contribution in [3.63, 3.8) is 0 Å². The first kappa shape index (κ1) is 25.8. The highest BCUT2D eigenvalue weighted by atomic mass is 79.9. The number of halogens is 1. The van der Waals surface area contributed by atoms with E-state index in [0.717, 1.165) is 76.1 Å². The summed E-state index contributed by atoms with van der Waals surface area (Å²) < 4.78 is 14.0. The summed E-state index contributed by atoms with van der Waals surface area (Å²) in [6.07, 6.45) is 5.89. The maximum atomic E-state index is 14.0. The van der Waals surface area contributed by atoms with Crippen molar-refractivity contribution in [1.82, 2.24) is 4.57 Å². The Morgan fingerprint density at radius 2 is 1.61 bits per heavy atom. The van der Waals surface area contributed by atoms with Crippen molar-refractivity contribution < 1.29 is 14.3 Å². The number of carbonyl (C=O) groups is 1. The molecule has 0 aliphatic rings. The van der Waals surface area contributed by atoms with Gasteiger partial charge in [0.15, 0.2) is 17.3 Å². The molecule has 0 aliphatic carbocycles. The van der Waals surface area contributed by atoms with Gasteiger partial charge in [-0.25, -0.2) is 0 Å². The molecule has 1 heterocycles. The largest absolute Gasteiger partial charge is 0.493 e. The van der Waals surface area contributed by atoms with Gasteiger partial charge in [0.25, 0.3) is 0 Å². The molecule has 36 heavy (non-hydrogen) atoms. The Morgan fingerprint density at radius 1 is 0.889 bits per heavy atom. The molecule has 0 unspecified atom stereocenters. The number of ether oxygens (including phenoxy) is 2. The molecule has 186 valence electrons. The van der Waals surface area contributed by atoms with Crippen molar-refractivity contribution in [2.45, 2.75) is 39.2 Å². The minimum Gasteiger partial charge on any atom is -0.493 e. The standard InChI is InChI=1S/C31H32BrNO3/c1-4-5-15-27-30(31(34)24-13-9-10-14-26(24)32)25(23-11-7-6-8-12-23)21-33(27)19-18-22-16-17-28(35-2)29(20-22)36-3/h6-14,16-17,20-21H,4-5,15,18-19H2,1-3H3. The number of aromatic nitrogens is 1. The van der Waals surface area contributed by atoms with Gasteiger partial charge in [-0.3, -0.25) is 4.79 Å². The van der Waals surface area contributed by atoms with E-state index < -0.39 is 0 Å². The number of aryl methyl sites for hydroxylation is 2. The van der Waals surface area contributed by atoms with E-state index >= 15 is 0 Å². The van der Waals surface area contributed by atoms with Gasteiger partial charge in [0.2, 0.25) is 0 Å². The molecule has 4 nitrogen and oxygen atoms in total. The molecule has 0 amide bonds. The zero-order chi connectivity index (χ0) is 25.5. The number of unbranched alkanes of at least 4 members (excludes halogenated alkanes) is 1. The van der Waals surface area contributed by atoms with Crippen LogP contribution in [0.4, 0.5) is 0 Å². The normalized spacial score (nSPS) is 10.9. The van der Waals surface area contributed by atoms with E-state index in [1.165, 1.54) is 0 Å². The SMILES string of the molecule is CCCCc1c(C(=O)c2ccccc2Br)c(-c2ccccc2)cn1CCc1ccc(OC)c(OC)c1. The fraction of sp³-hybridized carbons (Fsp3) is 0.258. The van der Waals surface area contributed by atoms with E-state index in [4.69, 9.17) is 9.47 Å². The molecule has 3 aromatic carbocycles. The fourth-order valence-corrected chi connectivity index (χ4v) is 5.03. The number of carbonyl (C=O) groups excluding carboxylic acids is 1. The van der Waals surface area contributed by atoms with Crippen molar-refractivity contribution >= 4 is 21.7 Å². The second kappa shape index (κ2) is 12.1. The number of nitrogens with zero attached hydrogens (tertiary/aromatic N) is 1. The molecule has 0 fully saturated rings. The lowest BCUT2D eigenvalue weighted by Crippen LogP contribution is -2.11. The van der Waals surface area contributed by atoms with Gasteiger partial charge in [0, 0.05) is 34.0 Å². The molecule has 0 radical (unpaired) electrons. The van der Waals surface area contributed by atoms with Crippen LogP contribution >= 0.6 is 15.9 Å². The van der Waals surface area contributed by atoms with Crippen LogP contribution in [0.15, 0.2) is 83.5 Å². The lowest BCUT2D eigenvalue weighted by Gasteiger charge is -2.13. The summed E-state index contributed by atoms with van der Waals surface area (Å²) in [4.78, 5) is 14.0. The van der Waals surface area contributed by atoms with E-state index in [9.17, 15) is 4.79 Å². The molecule has 0 saturated carbocycles. The number of methoxy groups -OCH3 is 2. The van der Waals surface area contributed by atoms with Crippen LogP contribution in [0, 0.1) is 0 Å². The number of hydrogen-bond donors (Lipinski definition) is 0. The molecule has 0 atom stereocenters. The summed E-state index contributed by atoms with van der Waals surface area (Å²) >= 11 is 3.60. The monoisotopic (exact) mass is 545 g/mol. The van der Waals surface area contributed by atoms with Crippen molar-refractivity contribution in [3.05, 3.63) is 106 Å². The lowest BCUT2D eigenvalue weighted by molar-refractivity contribution is 0.103. The maximum absolute atomic E-state index is 14.0. The molecule has 1 aromatic heterocycles. The molecule has 0 saturated heterocycles. The van der Waals surface area contributed by atoms with E-state index in [-0.39, 0.29) is 5.78 Å². The van der Waals surface area contributed by atoms with Gasteiger partial charge >= 0.3 is 0 Å². The summed E-state index contributed by atoms with van der Waals surface area (Å²) in [7, 11) is 3.30. The summed E-state index contributed by atoms with van der Waals surface area (Å²) in [5, 5.41) is 0. The Labute approximate surface area is 222 Å². The fourth-order valence-electron chi connectivity index (χ4n) is 4.57. The van der Waals surface area contributed by atoms with Gasteiger partial charge in [-0.15, -0.1) is 0 Å². The van der Waals surface area contributed by atoms with E-state index in [1.807, 2.05) is 54.6 Å². The predicted octanol–water partition coefficient (Wildman–Crippen LogP) is 7.75. The zero-order valence-electron chi connectivity index (χ0n) is 21.1. The highest BCUT2D eigenvalue weighted by Gasteiger charge is 2.25. The van der Waals surface area contributed by atoms with Crippen molar-refractivity contribution in [1.29, 1.82) is 0 Å². The molecule has 4 rings (SSSR count). The molecule has 4 aromatic rings. The first-order valence-corrected chi connectivity index (χ1v) is 13.1. The van der Waals surface area contributed by atoms with Gasteiger partial charge < -0.3 is 14.0 Å². The second-order valence-corrected chi connectivity index (χ2v) is 9.63. The van der Waals surface area contributed by atoms with Gasteiger partial charge in [-0.2, -0.15) is 0 Å². The van der Waals surface area contributed by atoms with Crippen LogP contribution in [0.2, 0.25) is 0 Å². The zero-order valence-corrected chi connectivity index (χ0v) is 22.7. The molecular weight excluding hydrogens is 514 g/mol. The quantitative estimate of drug-likeness (QED) is 0.181. The van der Waals surface area contributed by atoms with Crippen molar-refractivity contribution in [2.75, 3.05) is 14.2 Å². The van der Waals surface area contributed by atoms with Crippen LogP contribution in [0.3, 0.4) is 0 Å². The summed E-state index contributed by atoms with van der Waals surface area (Å²) in [5.41, 5.74) is 5.77. The van der Waals surface area contributed by atoms with Crippen LogP contribution in [-0.2, 0) is 19.4 Å². The van der Waals surface area contributed by atoms with Crippen LogP contribution < -0.4 is 9.47 Å². The molecule has 0 bridgehead atoms. The first-order chi connectivity index (χ1) is 17.6. The van der Waals surface area contributed by atoms with Crippen LogP contribution in [0.1, 0.15) is 46.9 Å². The number of ketones is 1. The van der Waals surface area contributed by atoms with Gasteiger partial charge in [-0.05, 0) is 54.7 Å². The van der Waals surface area contributed by atoms with Crippen LogP contribution in [-0.4, -0.2) is 24.6 Å². The van der Waals surface area contributed by atoms with Crippen LogP contribution in [0.5, 0.6) is 11.5 Å². The highest BCUT2D eigenvalue weighted by Crippen LogP contribution is 2.34. The van der Waals surface area contributed by atoms with Gasteiger partial charge in [0.05, 0.1) is 19.8 Å². The lowest BCUT2D eigenvalue weighted by atomic mass is 9.94. The Balaban J connectivity index is 1.79. The number of benzene rings is 3. The smallest absolute Gasteiger partial charge is 0.196 e. The minimum atomic E-state index is 0.0531. The van der Waals surface area contributed by atoms with E-state index in [0.29, 0.717) is 5.56 Å². The average Bonchev–Trinajstić information content (AvgIpc) is 3.29. The molecule has 0 aliphatic heterocycles. The molecular formula is C31H32BrNO3. The predicted molar refractivity (Wildman–Crippen MR) is 149 cm³/mol. The topological polar surface area (TPSA) is 40.5 Å². The highest BCUT2D eigenvalue weighted by molar-refractivity contribution is 9.10. The summed E-state index contributed by atoms with van der Waals surface area (Å²) in [5.74, 6) is 1.50. The van der Waals surface area contributed by atoms with Crippen LogP contribution in [0.25, 0.3) is 11.1 Å². The average molecular weight is 547 g/mol. The first-order valence-electron chi connectivity index (χ1n) is 12.3. The summed E-state index contributed by atoms with van der Waals surface area (Å²) in [6, 6.07) is 23.9. The van der Waals surface area contributed by atoms with Gasteiger partial charge in [-0.1, -0.05) is 77.8 Å². The molecule has 0 N–H and O–H groups in total. The summed E-state index contributed by atoms with van der Waals surface area (Å²) in [6.45, 7) is 2.95. The van der Waals surface area contributed by atoms with Crippen molar-refractivity contribution in [2.24, 2.45) is 0 Å². The Kier molecular flexibility index (Phi) is 8.65. The van der Waals surface area contributed by atoms with Gasteiger partial charge in [0.1, 0.15) is 0 Å². The number of hydrogen-bond acceptors (Lipinski definition) is 3. The van der Waals surface area contributed by atoms with Crippen molar-refractivity contribution in [3.8, 4) is 22.6 Å². The number of rotatable bonds is 11. The minimum absolute atomic E-state index is 0.0531. The van der Waals surface area contributed by atoms with E-state index in [1.54, 1.807) is 14.2 Å². The Bertz CT molecular complexity index is 1330. The molecule has 5 heteroatoms. The maximum Gasteiger partial charge on any atom is 0.196 e. The third kappa shape index (κ3) is 5.57.